The average Bonchev–Trinajstić information content (AvgIpc) is 3.04. The lowest BCUT2D eigenvalue weighted by atomic mass is 10.2. The number of pyridine rings is 1. The number of aromatic nitrogens is 1. The van der Waals surface area contributed by atoms with Crippen LogP contribution in [0.15, 0.2) is 42.6 Å². The first-order chi connectivity index (χ1) is 11.5. The van der Waals surface area contributed by atoms with Crippen LogP contribution >= 0.6 is 11.8 Å². The van der Waals surface area contributed by atoms with Gasteiger partial charge < -0.3 is 10.2 Å². The molecule has 3 rings (SSSR count). The summed E-state index contributed by atoms with van der Waals surface area (Å²) in [4.78, 5) is 30.7. The first-order valence-corrected chi connectivity index (χ1v) is 8.58. The van der Waals surface area contributed by atoms with E-state index in [1.807, 2.05) is 6.92 Å². The molecule has 24 heavy (non-hydrogen) atoms. The molecule has 0 radical (unpaired) electrons. The van der Waals surface area contributed by atoms with E-state index in [-0.39, 0.29) is 11.8 Å². The lowest BCUT2D eigenvalue weighted by Crippen LogP contribution is -2.44. The third-order valence-electron chi connectivity index (χ3n) is 3.70. The van der Waals surface area contributed by atoms with Gasteiger partial charge in [0, 0.05) is 23.3 Å². The quantitative estimate of drug-likeness (QED) is 0.929. The van der Waals surface area contributed by atoms with E-state index in [1.165, 1.54) is 41.1 Å². The molecule has 0 spiro atoms. The van der Waals surface area contributed by atoms with Crippen molar-refractivity contribution in [2.45, 2.75) is 13.0 Å². The molecular formula is C17H16FN3O2S. The maximum absolute atomic E-state index is 13.2. The first-order valence-electron chi connectivity index (χ1n) is 7.42. The number of carbonyl (C=O) groups excluding carboxylic acids is 2. The Hall–Kier alpha value is -2.41. The number of halogens is 1. The molecular weight excluding hydrogens is 329 g/mol. The van der Waals surface area contributed by atoms with Crippen LogP contribution in [-0.4, -0.2) is 39.4 Å². The van der Waals surface area contributed by atoms with Crippen molar-refractivity contribution < 1.29 is 14.0 Å². The number of carbonyl (C=O) groups is 2. The van der Waals surface area contributed by atoms with E-state index in [0.29, 0.717) is 22.9 Å². The maximum Gasteiger partial charge on any atom is 0.256 e. The van der Waals surface area contributed by atoms with Gasteiger partial charge in [0.15, 0.2) is 0 Å². The highest BCUT2D eigenvalue weighted by Gasteiger charge is 2.35. The minimum atomic E-state index is -0.591. The van der Waals surface area contributed by atoms with E-state index in [2.05, 4.69) is 10.3 Å². The molecule has 1 aliphatic rings. The Kier molecular flexibility index (Phi) is 4.80. The van der Waals surface area contributed by atoms with Crippen LogP contribution in [0.1, 0.15) is 16.1 Å². The van der Waals surface area contributed by atoms with Gasteiger partial charge in [0.2, 0.25) is 5.91 Å². The summed E-state index contributed by atoms with van der Waals surface area (Å²) < 4.78 is 13.2. The second kappa shape index (κ2) is 7.00. The molecule has 1 aromatic heterocycles. The molecule has 1 unspecified atom stereocenters. The van der Waals surface area contributed by atoms with E-state index in [0.717, 1.165) is 5.69 Å². The summed E-state index contributed by atoms with van der Waals surface area (Å²) >= 11 is 1.51. The Balaban J connectivity index is 1.73. The number of nitrogens with one attached hydrogen (secondary N) is 1. The molecule has 1 fully saturated rings. The molecule has 1 saturated heterocycles. The number of rotatable bonds is 3. The zero-order valence-electron chi connectivity index (χ0n) is 13.0. The monoisotopic (exact) mass is 345 g/mol. The fraction of sp³-hybridized carbons (Fsp3) is 0.235. The predicted molar refractivity (Wildman–Crippen MR) is 91.3 cm³/mol. The van der Waals surface area contributed by atoms with Gasteiger partial charge >= 0.3 is 0 Å². The second-order valence-corrected chi connectivity index (χ2v) is 6.48. The third-order valence-corrected chi connectivity index (χ3v) is 4.71. The number of amides is 2. The zero-order valence-corrected chi connectivity index (χ0v) is 13.8. The second-order valence-electron chi connectivity index (χ2n) is 5.48. The largest absolute Gasteiger partial charge is 0.324 e. The highest BCUT2D eigenvalue weighted by Crippen LogP contribution is 2.24. The number of hydrogen-bond donors (Lipinski definition) is 1. The molecule has 7 heteroatoms. The summed E-state index contributed by atoms with van der Waals surface area (Å²) in [6, 6.07) is 8.56. The number of anilines is 1. The maximum atomic E-state index is 13.2. The van der Waals surface area contributed by atoms with Gasteiger partial charge in [0.1, 0.15) is 11.9 Å². The Morgan fingerprint density at radius 2 is 2.17 bits per heavy atom. The average molecular weight is 345 g/mol. The van der Waals surface area contributed by atoms with E-state index in [1.54, 1.807) is 18.2 Å². The molecule has 2 aromatic rings. The van der Waals surface area contributed by atoms with E-state index < -0.39 is 11.9 Å². The smallest absolute Gasteiger partial charge is 0.256 e. The van der Waals surface area contributed by atoms with Crippen molar-refractivity contribution in [1.82, 2.24) is 9.88 Å². The van der Waals surface area contributed by atoms with Crippen LogP contribution in [0.2, 0.25) is 0 Å². The highest BCUT2D eigenvalue weighted by atomic mass is 32.2. The minimum Gasteiger partial charge on any atom is -0.324 e. The molecule has 1 aliphatic heterocycles. The molecule has 1 aromatic carbocycles. The van der Waals surface area contributed by atoms with Crippen LogP contribution in [0.5, 0.6) is 0 Å². The van der Waals surface area contributed by atoms with Crippen LogP contribution < -0.4 is 5.32 Å². The lowest BCUT2D eigenvalue weighted by molar-refractivity contribution is -0.119. The van der Waals surface area contributed by atoms with Crippen molar-refractivity contribution in [3.8, 4) is 0 Å². The van der Waals surface area contributed by atoms with Crippen molar-refractivity contribution in [2.24, 2.45) is 0 Å². The van der Waals surface area contributed by atoms with Crippen molar-refractivity contribution in [3.05, 3.63) is 59.7 Å². The fourth-order valence-electron chi connectivity index (χ4n) is 2.41. The van der Waals surface area contributed by atoms with Crippen LogP contribution in [0.25, 0.3) is 0 Å². The predicted octanol–water partition coefficient (Wildman–Crippen LogP) is 2.68. The molecule has 0 bridgehead atoms. The number of thioether (sulfide) groups is 1. The minimum absolute atomic E-state index is 0.230. The van der Waals surface area contributed by atoms with Crippen LogP contribution in [0.3, 0.4) is 0 Å². The molecule has 0 saturated carbocycles. The first kappa shape index (κ1) is 16.4. The fourth-order valence-corrected chi connectivity index (χ4v) is 3.57. The Labute approximate surface area is 143 Å². The summed E-state index contributed by atoms with van der Waals surface area (Å²) in [5.41, 5.74) is 1.65. The summed E-state index contributed by atoms with van der Waals surface area (Å²) in [7, 11) is 0. The molecule has 1 atom stereocenters. The number of benzene rings is 1. The molecule has 5 nitrogen and oxygen atoms in total. The summed E-state index contributed by atoms with van der Waals surface area (Å²) in [6.45, 7) is 1.84. The lowest BCUT2D eigenvalue weighted by Gasteiger charge is -2.23. The van der Waals surface area contributed by atoms with Crippen molar-refractivity contribution >= 4 is 29.3 Å². The molecule has 1 N–H and O–H groups in total. The van der Waals surface area contributed by atoms with Crippen molar-refractivity contribution in [3.63, 3.8) is 0 Å². The normalized spacial score (nSPS) is 16.9. The van der Waals surface area contributed by atoms with Crippen LogP contribution in [-0.2, 0) is 4.79 Å². The van der Waals surface area contributed by atoms with Gasteiger partial charge in [-0.1, -0.05) is 6.07 Å². The number of aryl methyl sites for hydroxylation is 1. The van der Waals surface area contributed by atoms with Gasteiger partial charge in [0.05, 0.1) is 11.4 Å². The van der Waals surface area contributed by atoms with Crippen LogP contribution in [0.4, 0.5) is 10.1 Å². The topological polar surface area (TPSA) is 62.3 Å². The van der Waals surface area contributed by atoms with Gasteiger partial charge in [-0.15, -0.1) is 11.8 Å². The molecule has 2 amide bonds. The molecule has 0 aliphatic carbocycles. The van der Waals surface area contributed by atoms with E-state index in [4.69, 9.17) is 0 Å². The summed E-state index contributed by atoms with van der Waals surface area (Å²) in [6.07, 6.45) is 1.52. The van der Waals surface area contributed by atoms with E-state index in [9.17, 15) is 14.0 Å². The number of hydrogen-bond acceptors (Lipinski definition) is 4. The summed E-state index contributed by atoms with van der Waals surface area (Å²) in [5, 5.41) is 2.67. The number of nitrogens with zero attached hydrogens (tertiary/aromatic N) is 2. The van der Waals surface area contributed by atoms with Crippen LogP contribution in [0, 0.1) is 12.7 Å². The Morgan fingerprint density at radius 3 is 2.88 bits per heavy atom. The van der Waals surface area contributed by atoms with Gasteiger partial charge in [-0.3, -0.25) is 14.6 Å². The van der Waals surface area contributed by atoms with E-state index >= 15 is 0 Å². The SMILES string of the molecule is Cc1ccc(C(=O)N2CSCC2C(=O)Nc2cccc(F)c2)cn1. The molecule has 124 valence electrons. The summed E-state index contributed by atoms with van der Waals surface area (Å²) in [5.74, 6) is -0.0293. The van der Waals surface area contributed by atoms with Crippen molar-refractivity contribution in [1.29, 1.82) is 0 Å². The Bertz CT molecular complexity index is 767. The zero-order chi connectivity index (χ0) is 17.1. The van der Waals surface area contributed by atoms with Gasteiger partial charge in [0.25, 0.3) is 5.91 Å². The van der Waals surface area contributed by atoms with Gasteiger partial charge in [-0.2, -0.15) is 0 Å². The standard InChI is InChI=1S/C17H16FN3O2S/c1-11-5-6-12(8-19-11)17(23)21-10-24-9-15(21)16(22)20-14-4-2-3-13(18)7-14/h2-8,15H,9-10H2,1H3,(H,20,22). The third kappa shape index (κ3) is 3.56. The molecule has 2 heterocycles. The highest BCUT2D eigenvalue weighted by molar-refractivity contribution is 7.99. The van der Waals surface area contributed by atoms with Gasteiger partial charge in [-0.25, -0.2) is 4.39 Å². The Morgan fingerprint density at radius 1 is 1.33 bits per heavy atom. The van der Waals surface area contributed by atoms with Gasteiger partial charge in [-0.05, 0) is 37.3 Å². The van der Waals surface area contributed by atoms with Crippen molar-refractivity contribution in [2.75, 3.05) is 16.9 Å².